The number of aryl methyl sites for hydroxylation is 1. The predicted molar refractivity (Wildman–Crippen MR) is 80.1 cm³/mol. The van der Waals surface area contributed by atoms with Crippen molar-refractivity contribution in [1.29, 1.82) is 0 Å². The summed E-state index contributed by atoms with van der Waals surface area (Å²) in [5.74, 6) is -0.387. The minimum atomic E-state index is -3.73. The number of rotatable bonds is 6. The van der Waals surface area contributed by atoms with Gasteiger partial charge in [0.05, 0.1) is 23.8 Å². The van der Waals surface area contributed by atoms with Crippen molar-refractivity contribution < 1.29 is 12.8 Å². The molecule has 1 atom stereocenters. The second-order valence-electron chi connectivity index (χ2n) is 5.47. The Bertz CT molecular complexity index is 729. The zero-order valence-electron chi connectivity index (χ0n) is 12.7. The van der Waals surface area contributed by atoms with E-state index >= 15 is 0 Å². The van der Waals surface area contributed by atoms with E-state index in [1.165, 1.54) is 36.2 Å². The molecule has 0 spiro atoms. The molecule has 0 aliphatic carbocycles. The molecule has 1 N–H and O–H groups in total. The van der Waals surface area contributed by atoms with Crippen LogP contribution in [-0.4, -0.2) is 29.5 Å². The van der Waals surface area contributed by atoms with Crippen molar-refractivity contribution in [3.8, 4) is 0 Å². The number of nitrogens with zero attached hydrogens (tertiary/aromatic N) is 3. The van der Waals surface area contributed by atoms with Gasteiger partial charge in [-0.1, -0.05) is 13.8 Å². The highest BCUT2D eigenvalue weighted by Gasteiger charge is 2.24. The molecule has 0 unspecified atom stereocenters. The van der Waals surface area contributed by atoms with Gasteiger partial charge < -0.3 is 0 Å². The number of halogens is 1. The molecule has 0 saturated heterocycles. The molecule has 8 heteroatoms. The minimum absolute atomic E-state index is 0.0438. The molecular weight excluding hydrogens is 307 g/mol. The summed E-state index contributed by atoms with van der Waals surface area (Å²) in [7, 11) is -3.73. The Morgan fingerprint density at radius 2 is 1.91 bits per heavy atom. The fourth-order valence-corrected chi connectivity index (χ4v) is 3.41. The predicted octanol–water partition coefficient (Wildman–Crippen LogP) is 1.73. The fraction of sp³-hybridized carbons (Fsp3) is 0.429. The number of hydrogen-bond donors (Lipinski definition) is 1. The highest BCUT2D eigenvalue weighted by molar-refractivity contribution is 7.89. The van der Waals surface area contributed by atoms with Crippen LogP contribution in [0.25, 0.3) is 0 Å². The molecule has 0 amide bonds. The van der Waals surface area contributed by atoms with Crippen molar-refractivity contribution in [3.63, 3.8) is 0 Å². The van der Waals surface area contributed by atoms with E-state index in [2.05, 4.69) is 14.9 Å². The van der Waals surface area contributed by atoms with E-state index in [0.717, 1.165) is 6.07 Å². The third-order valence-corrected chi connectivity index (χ3v) is 4.87. The Balaban J connectivity index is 2.22. The minimum Gasteiger partial charge on any atom is -0.207 e. The van der Waals surface area contributed by atoms with Crippen molar-refractivity contribution in [2.45, 2.75) is 38.3 Å². The van der Waals surface area contributed by atoms with E-state index in [4.69, 9.17) is 0 Å². The molecule has 0 aliphatic rings. The molecule has 0 fully saturated rings. The van der Waals surface area contributed by atoms with Crippen molar-refractivity contribution in [2.24, 2.45) is 5.92 Å². The Morgan fingerprint density at radius 3 is 2.45 bits per heavy atom. The van der Waals surface area contributed by atoms with Crippen molar-refractivity contribution >= 4 is 10.0 Å². The molecular formula is C14H19FN4O2S. The monoisotopic (exact) mass is 326 g/mol. The first-order valence-corrected chi connectivity index (χ1v) is 8.40. The maximum Gasteiger partial charge on any atom is 0.240 e. The van der Waals surface area contributed by atoms with E-state index in [1.807, 2.05) is 13.8 Å². The first-order chi connectivity index (χ1) is 10.3. The van der Waals surface area contributed by atoms with Crippen LogP contribution in [0.15, 0.2) is 35.5 Å². The lowest BCUT2D eigenvalue weighted by Gasteiger charge is -2.21. The van der Waals surface area contributed by atoms with Crippen LogP contribution in [0.1, 0.15) is 19.4 Å². The van der Waals surface area contributed by atoms with Gasteiger partial charge in [-0.15, -0.1) is 0 Å². The van der Waals surface area contributed by atoms with Gasteiger partial charge in [-0.2, -0.15) is 15.0 Å². The van der Waals surface area contributed by atoms with E-state index in [9.17, 15) is 12.8 Å². The molecule has 2 aromatic rings. The summed E-state index contributed by atoms with van der Waals surface area (Å²) in [5, 5.41) is 7.98. The zero-order chi connectivity index (χ0) is 16.3. The Labute approximate surface area is 129 Å². The Kier molecular flexibility index (Phi) is 4.92. The molecule has 0 bridgehead atoms. The van der Waals surface area contributed by atoms with Gasteiger partial charge in [0.25, 0.3) is 0 Å². The van der Waals surface area contributed by atoms with E-state index in [0.29, 0.717) is 6.54 Å². The summed E-state index contributed by atoms with van der Waals surface area (Å²) in [5.41, 5.74) is 0.290. The summed E-state index contributed by atoms with van der Waals surface area (Å²) in [6, 6.07) is 3.36. The largest absolute Gasteiger partial charge is 0.240 e. The summed E-state index contributed by atoms with van der Waals surface area (Å²) in [4.78, 5) is 1.48. The zero-order valence-corrected chi connectivity index (χ0v) is 13.5. The number of hydrogen-bond acceptors (Lipinski definition) is 4. The Morgan fingerprint density at radius 1 is 1.27 bits per heavy atom. The lowest BCUT2D eigenvalue weighted by molar-refractivity contribution is 0.361. The number of nitrogens with one attached hydrogen (secondary N) is 1. The molecule has 1 aromatic carbocycles. The molecule has 0 aliphatic heterocycles. The lowest BCUT2D eigenvalue weighted by atomic mass is 10.1. The van der Waals surface area contributed by atoms with Crippen LogP contribution in [0.5, 0.6) is 0 Å². The van der Waals surface area contributed by atoms with Crippen LogP contribution >= 0.6 is 0 Å². The Hall–Kier alpha value is -1.80. The molecule has 6 nitrogen and oxygen atoms in total. The molecule has 0 radical (unpaired) electrons. The van der Waals surface area contributed by atoms with Crippen LogP contribution < -0.4 is 4.72 Å². The van der Waals surface area contributed by atoms with Crippen LogP contribution in [0, 0.1) is 18.7 Å². The van der Waals surface area contributed by atoms with Gasteiger partial charge >= 0.3 is 0 Å². The molecule has 120 valence electrons. The molecule has 0 saturated carbocycles. The maximum absolute atomic E-state index is 13.3. The molecule has 1 heterocycles. The van der Waals surface area contributed by atoms with E-state index < -0.39 is 15.8 Å². The summed E-state index contributed by atoms with van der Waals surface area (Å²) >= 11 is 0. The SMILES string of the molecule is Cc1cc(S(=O)(=O)N[C@H](Cn2nccn2)C(C)C)ccc1F. The molecule has 2 rings (SSSR count). The van der Waals surface area contributed by atoms with Crippen molar-refractivity contribution in [1.82, 2.24) is 19.7 Å². The van der Waals surface area contributed by atoms with Crippen LogP contribution in [-0.2, 0) is 16.6 Å². The quantitative estimate of drug-likeness (QED) is 0.877. The third kappa shape index (κ3) is 3.89. The van der Waals surface area contributed by atoms with Crippen LogP contribution in [0.4, 0.5) is 4.39 Å². The second-order valence-corrected chi connectivity index (χ2v) is 7.18. The summed E-state index contributed by atoms with van der Waals surface area (Å²) in [6.45, 7) is 5.67. The third-order valence-electron chi connectivity index (χ3n) is 3.38. The fourth-order valence-electron chi connectivity index (χ4n) is 1.95. The number of benzene rings is 1. The summed E-state index contributed by atoms with van der Waals surface area (Å²) in [6.07, 6.45) is 3.07. The lowest BCUT2D eigenvalue weighted by Crippen LogP contribution is -2.41. The summed E-state index contributed by atoms with van der Waals surface area (Å²) < 4.78 is 40.8. The van der Waals surface area contributed by atoms with Gasteiger partial charge in [-0.05, 0) is 36.6 Å². The standard InChI is InChI=1S/C14H19FN4O2S/c1-10(2)14(9-19-16-6-7-17-19)18-22(20,21)12-4-5-13(15)11(3)8-12/h4-8,10,14,18H,9H2,1-3H3/t14-/m1/s1. The normalized spacial score (nSPS) is 13.5. The van der Waals surface area contributed by atoms with Gasteiger partial charge in [-0.25, -0.2) is 17.5 Å². The van der Waals surface area contributed by atoms with Crippen LogP contribution in [0.3, 0.4) is 0 Å². The van der Waals surface area contributed by atoms with Gasteiger partial charge in [-0.3, -0.25) is 0 Å². The van der Waals surface area contributed by atoms with Gasteiger partial charge in [0, 0.05) is 6.04 Å². The average molecular weight is 326 g/mol. The second kappa shape index (κ2) is 6.53. The smallest absolute Gasteiger partial charge is 0.207 e. The van der Waals surface area contributed by atoms with Crippen LogP contribution in [0.2, 0.25) is 0 Å². The van der Waals surface area contributed by atoms with E-state index in [1.54, 1.807) is 0 Å². The van der Waals surface area contributed by atoms with Crippen molar-refractivity contribution in [3.05, 3.63) is 42.0 Å². The average Bonchev–Trinajstić information content (AvgIpc) is 2.93. The number of aromatic nitrogens is 3. The topological polar surface area (TPSA) is 76.9 Å². The highest BCUT2D eigenvalue weighted by atomic mass is 32.2. The molecule has 1 aromatic heterocycles. The van der Waals surface area contributed by atoms with Gasteiger partial charge in [0.1, 0.15) is 5.82 Å². The highest BCUT2D eigenvalue weighted by Crippen LogP contribution is 2.16. The number of sulfonamides is 1. The van der Waals surface area contributed by atoms with Crippen molar-refractivity contribution in [2.75, 3.05) is 0 Å². The first-order valence-electron chi connectivity index (χ1n) is 6.92. The van der Waals surface area contributed by atoms with E-state index in [-0.39, 0.29) is 22.4 Å². The first kappa shape index (κ1) is 16.6. The molecule has 22 heavy (non-hydrogen) atoms. The van der Waals surface area contributed by atoms with Gasteiger partial charge in [0.15, 0.2) is 0 Å². The van der Waals surface area contributed by atoms with Gasteiger partial charge in [0.2, 0.25) is 10.0 Å². The maximum atomic E-state index is 13.3.